The summed E-state index contributed by atoms with van der Waals surface area (Å²) in [6.45, 7) is 2.20. The molecule has 0 radical (unpaired) electrons. The quantitative estimate of drug-likeness (QED) is 0.235. The Balaban J connectivity index is 1.19. The number of aromatic carboxylic acids is 1. The third-order valence-electron chi connectivity index (χ3n) is 7.04. The number of amides is 1. The topological polar surface area (TPSA) is 136 Å². The van der Waals surface area contributed by atoms with Crippen LogP contribution in [0, 0.1) is 11.6 Å². The van der Waals surface area contributed by atoms with E-state index >= 15 is 0 Å². The molecule has 1 saturated heterocycles. The predicted molar refractivity (Wildman–Crippen MR) is 154 cm³/mol. The fraction of sp³-hybridized carbons (Fsp3) is 0.267. The highest BCUT2D eigenvalue weighted by Gasteiger charge is 2.41. The highest BCUT2D eigenvalue weighted by atomic mass is 32.2. The molecule has 0 bridgehead atoms. The zero-order chi connectivity index (χ0) is 30.6. The number of nitrogens with one attached hydrogen (secondary N) is 1. The van der Waals surface area contributed by atoms with Crippen molar-refractivity contribution in [2.24, 2.45) is 0 Å². The van der Waals surface area contributed by atoms with Gasteiger partial charge >= 0.3 is 5.97 Å². The monoisotopic (exact) mass is 610 g/mol. The van der Waals surface area contributed by atoms with Crippen molar-refractivity contribution in [1.82, 2.24) is 14.8 Å². The van der Waals surface area contributed by atoms with Crippen molar-refractivity contribution < 1.29 is 38.1 Å². The van der Waals surface area contributed by atoms with Crippen molar-refractivity contribution >= 4 is 29.3 Å². The zero-order valence-electron chi connectivity index (χ0n) is 22.9. The van der Waals surface area contributed by atoms with Crippen molar-refractivity contribution in [1.29, 1.82) is 0 Å². The van der Waals surface area contributed by atoms with Gasteiger partial charge in [0.05, 0.1) is 30.6 Å². The normalized spacial score (nSPS) is 18.9. The van der Waals surface area contributed by atoms with Crippen LogP contribution in [-0.4, -0.2) is 60.6 Å². The van der Waals surface area contributed by atoms with E-state index in [0.29, 0.717) is 16.8 Å². The van der Waals surface area contributed by atoms with Crippen molar-refractivity contribution in [3.05, 3.63) is 113 Å². The molecule has 2 atom stereocenters. The van der Waals surface area contributed by atoms with Crippen LogP contribution in [0.2, 0.25) is 0 Å². The summed E-state index contributed by atoms with van der Waals surface area (Å²) in [4.78, 5) is 27.5. The Labute approximate surface area is 249 Å². The molecule has 4 aromatic rings. The third kappa shape index (κ3) is 7.08. The Bertz CT molecular complexity index is 1560. The molecule has 43 heavy (non-hydrogen) atoms. The molecule has 0 aliphatic carbocycles. The highest BCUT2D eigenvalue weighted by molar-refractivity contribution is 8.00. The number of carbonyl (C=O) groups excluding carboxylic acids is 1. The van der Waals surface area contributed by atoms with Gasteiger partial charge in [0.1, 0.15) is 29.9 Å². The number of carboxylic acid groups (broad SMARTS) is 1. The number of carboxylic acids is 1. The fourth-order valence-electron chi connectivity index (χ4n) is 4.68. The average Bonchev–Trinajstić information content (AvgIpc) is 3.50. The van der Waals surface area contributed by atoms with Crippen LogP contribution in [-0.2, 0) is 21.6 Å². The standard InChI is InChI=1S/C30H28F2N4O6S/c1-18(30(40,15-36-17-33-16-34-36)25-11-8-22(31)12-26(25)32)43-24-13-41-29(42-14-24)21-4-2-19(3-5-21)27(37)35-23-9-6-20(7-10-23)28(38)39/h2-12,16-18,24,29,40H,13-15H2,1H3,(H,35,37)(H,38,39). The Morgan fingerprint density at radius 3 is 2.35 bits per heavy atom. The van der Waals surface area contributed by atoms with Gasteiger partial charge in [0.25, 0.3) is 5.91 Å². The molecule has 1 fully saturated rings. The predicted octanol–water partition coefficient (Wildman–Crippen LogP) is 4.63. The minimum Gasteiger partial charge on any atom is -0.478 e. The number of hydrogen-bond donors (Lipinski definition) is 3. The van der Waals surface area contributed by atoms with Crippen LogP contribution in [0.3, 0.4) is 0 Å². The van der Waals surface area contributed by atoms with Gasteiger partial charge in [-0.2, -0.15) is 5.10 Å². The number of ether oxygens (including phenoxy) is 2. The van der Waals surface area contributed by atoms with E-state index in [2.05, 4.69) is 15.4 Å². The van der Waals surface area contributed by atoms with E-state index in [-0.39, 0.29) is 42.0 Å². The van der Waals surface area contributed by atoms with Crippen LogP contribution in [0.1, 0.15) is 45.1 Å². The average molecular weight is 611 g/mol. The first-order chi connectivity index (χ1) is 20.6. The second-order valence-electron chi connectivity index (χ2n) is 10.00. The molecule has 2 heterocycles. The van der Waals surface area contributed by atoms with Gasteiger partial charge in [-0.05, 0) is 42.5 Å². The van der Waals surface area contributed by atoms with Gasteiger partial charge in [0, 0.05) is 33.7 Å². The molecule has 2 unspecified atom stereocenters. The molecule has 1 aliphatic heterocycles. The maximum absolute atomic E-state index is 14.8. The molecular weight excluding hydrogens is 582 g/mol. The second kappa shape index (κ2) is 13.0. The van der Waals surface area contributed by atoms with E-state index in [1.165, 1.54) is 59.4 Å². The van der Waals surface area contributed by atoms with Gasteiger partial charge < -0.3 is 25.0 Å². The van der Waals surface area contributed by atoms with E-state index in [0.717, 1.165) is 12.1 Å². The molecule has 1 amide bonds. The SMILES string of the molecule is CC(SC1COC(c2ccc(C(=O)Nc3ccc(C(=O)O)cc3)cc2)OC1)C(O)(Cn1cncn1)c1ccc(F)cc1F. The first-order valence-electron chi connectivity index (χ1n) is 13.3. The second-order valence-corrected chi connectivity index (χ2v) is 11.6. The van der Waals surface area contributed by atoms with E-state index in [9.17, 15) is 23.5 Å². The molecule has 3 N–H and O–H groups in total. The number of thioether (sulfide) groups is 1. The van der Waals surface area contributed by atoms with Crippen LogP contribution in [0.25, 0.3) is 0 Å². The molecule has 224 valence electrons. The van der Waals surface area contributed by atoms with Gasteiger partial charge in [0.15, 0.2) is 6.29 Å². The van der Waals surface area contributed by atoms with E-state index in [4.69, 9.17) is 14.6 Å². The minimum absolute atomic E-state index is 0.0543. The van der Waals surface area contributed by atoms with Crippen molar-refractivity contribution in [2.75, 3.05) is 18.5 Å². The molecule has 1 aliphatic rings. The van der Waals surface area contributed by atoms with Crippen LogP contribution in [0.5, 0.6) is 0 Å². The lowest BCUT2D eigenvalue weighted by Gasteiger charge is -2.37. The van der Waals surface area contributed by atoms with Crippen LogP contribution >= 0.6 is 11.8 Å². The number of hydrogen-bond acceptors (Lipinski definition) is 8. The third-order valence-corrected chi connectivity index (χ3v) is 8.49. The summed E-state index contributed by atoms with van der Waals surface area (Å²) in [5.41, 5.74) is -0.123. The molecule has 1 aromatic heterocycles. The Hall–Kier alpha value is -4.17. The molecule has 13 heteroatoms. The highest BCUT2D eigenvalue weighted by Crippen LogP contribution is 2.39. The van der Waals surface area contributed by atoms with Crippen LogP contribution in [0.4, 0.5) is 14.5 Å². The summed E-state index contributed by atoms with van der Waals surface area (Å²) in [5, 5.41) is 26.7. The fourth-order valence-corrected chi connectivity index (χ4v) is 6.00. The summed E-state index contributed by atoms with van der Waals surface area (Å²) in [6.07, 6.45) is 2.05. The zero-order valence-corrected chi connectivity index (χ0v) is 23.7. The Morgan fingerprint density at radius 1 is 1.07 bits per heavy atom. The van der Waals surface area contributed by atoms with Crippen molar-refractivity contribution in [3.63, 3.8) is 0 Å². The van der Waals surface area contributed by atoms with E-state index in [1.54, 1.807) is 31.2 Å². The van der Waals surface area contributed by atoms with E-state index in [1.807, 2.05) is 0 Å². The molecule has 5 rings (SSSR count). The van der Waals surface area contributed by atoms with Crippen LogP contribution < -0.4 is 5.32 Å². The lowest BCUT2D eigenvalue weighted by Crippen LogP contribution is -2.43. The number of halogens is 2. The molecule has 3 aromatic carbocycles. The lowest BCUT2D eigenvalue weighted by molar-refractivity contribution is -0.180. The summed E-state index contributed by atoms with van der Waals surface area (Å²) in [6, 6.07) is 15.6. The number of carbonyl (C=O) groups is 2. The minimum atomic E-state index is -1.75. The first kappa shape index (κ1) is 30.3. The number of rotatable bonds is 10. The lowest BCUT2D eigenvalue weighted by atomic mass is 9.90. The Morgan fingerprint density at radius 2 is 1.74 bits per heavy atom. The smallest absolute Gasteiger partial charge is 0.335 e. The van der Waals surface area contributed by atoms with Crippen LogP contribution in [0.15, 0.2) is 79.4 Å². The number of aliphatic hydroxyl groups is 1. The summed E-state index contributed by atoms with van der Waals surface area (Å²) < 4.78 is 41.7. The van der Waals surface area contributed by atoms with Crippen molar-refractivity contribution in [2.45, 2.75) is 35.9 Å². The Kier molecular flexibility index (Phi) is 9.16. The number of anilines is 1. The summed E-state index contributed by atoms with van der Waals surface area (Å²) in [5.74, 6) is -3.02. The molecule has 0 saturated carbocycles. The summed E-state index contributed by atoms with van der Waals surface area (Å²) >= 11 is 1.36. The van der Waals surface area contributed by atoms with Gasteiger partial charge in [-0.3, -0.25) is 4.79 Å². The number of aromatic nitrogens is 3. The molecule has 0 spiro atoms. The maximum atomic E-state index is 14.8. The van der Waals surface area contributed by atoms with E-state index < -0.39 is 34.7 Å². The van der Waals surface area contributed by atoms with Gasteiger partial charge in [-0.15, -0.1) is 11.8 Å². The van der Waals surface area contributed by atoms with Gasteiger partial charge in [-0.1, -0.05) is 25.1 Å². The largest absolute Gasteiger partial charge is 0.478 e. The molecular formula is C30H28F2N4O6S. The molecule has 10 nitrogen and oxygen atoms in total. The first-order valence-corrected chi connectivity index (χ1v) is 14.2. The van der Waals surface area contributed by atoms with Gasteiger partial charge in [0.2, 0.25) is 0 Å². The number of benzene rings is 3. The summed E-state index contributed by atoms with van der Waals surface area (Å²) in [7, 11) is 0. The maximum Gasteiger partial charge on any atom is 0.335 e. The number of nitrogens with zero attached hydrogens (tertiary/aromatic N) is 3. The van der Waals surface area contributed by atoms with Gasteiger partial charge in [-0.25, -0.2) is 23.2 Å². The van der Waals surface area contributed by atoms with Crippen molar-refractivity contribution in [3.8, 4) is 0 Å².